The summed E-state index contributed by atoms with van der Waals surface area (Å²) in [6.07, 6.45) is -2.07. The third-order valence-electron chi connectivity index (χ3n) is 6.71. The van der Waals surface area contributed by atoms with Crippen molar-refractivity contribution in [3.8, 4) is 11.5 Å². The van der Waals surface area contributed by atoms with E-state index in [0.29, 0.717) is 44.4 Å². The third-order valence-corrected chi connectivity index (χ3v) is 6.71. The van der Waals surface area contributed by atoms with E-state index in [0.717, 1.165) is 0 Å². The summed E-state index contributed by atoms with van der Waals surface area (Å²) in [6.45, 7) is 4.80. The molecule has 0 saturated heterocycles. The minimum Gasteiger partial charge on any atom is -0.496 e. The molecule has 2 atom stereocenters. The lowest BCUT2D eigenvalue weighted by atomic mass is 9.86. The minimum absolute atomic E-state index is 0.229. The number of hydrogen-bond donors (Lipinski definition) is 0. The van der Waals surface area contributed by atoms with Crippen molar-refractivity contribution in [3.05, 3.63) is 82.0 Å². The van der Waals surface area contributed by atoms with Gasteiger partial charge in [0.15, 0.2) is 12.2 Å². The number of rotatable bonds is 4. The number of nitrogens with zero attached hydrogens (tertiary/aromatic N) is 1. The Kier molecular flexibility index (Phi) is 5.90. The van der Waals surface area contributed by atoms with E-state index in [-0.39, 0.29) is 5.43 Å². The topological polar surface area (TPSA) is 93.1 Å². The molecule has 1 aliphatic heterocycles. The normalized spacial score (nSPS) is 18.1. The fraction of sp³-hybridized carbons (Fsp3) is 0.276. The molecule has 1 aromatic heterocycles. The van der Waals surface area contributed by atoms with Crippen molar-refractivity contribution >= 4 is 33.7 Å². The number of aryl methyl sites for hydroxylation is 1. The second-order valence-corrected chi connectivity index (χ2v) is 9.55. The highest BCUT2D eigenvalue weighted by Crippen LogP contribution is 2.49. The molecule has 190 valence electrons. The van der Waals surface area contributed by atoms with Gasteiger partial charge in [-0.05, 0) is 38.1 Å². The maximum atomic E-state index is 13.7. The van der Waals surface area contributed by atoms with Gasteiger partial charge in [0.1, 0.15) is 17.1 Å². The Morgan fingerprint density at radius 2 is 1.68 bits per heavy atom. The van der Waals surface area contributed by atoms with Crippen molar-refractivity contribution in [2.75, 3.05) is 7.11 Å². The average Bonchev–Trinajstić information content (AvgIpc) is 2.88. The molecule has 0 amide bonds. The molecule has 8 nitrogen and oxygen atoms in total. The Labute approximate surface area is 213 Å². The first kappa shape index (κ1) is 24.4. The van der Waals surface area contributed by atoms with Crippen LogP contribution in [0.25, 0.3) is 21.8 Å². The molecule has 0 radical (unpaired) electrons. The summed E-state index contributed by atoms with van der Waals surface area (Å²) >= 11 is 0. The number of aromatic nitrogens is 1. The fourth-order valence-corrected chi connectivity index (χ4v) is 5.06. The van der Waals surface area contributed by atoms with Gasteiger partial charge >= 0.3 is 11.9 Å². The fourth-order valence-electron chi connectivity index (χ4n) is 5.06. The first-order chi connectivity index (χ1) is 17.6. The summed E-state index contributed by atoms with van der Waals surface area (Å²) < 4.78 is 25.7. The number of benzene rings is 3. The van der Waals surface area contributed by atoms with E-state index in [9.17, 15) is 14.4 Å². The molecule has 4 aromatic rings. The molecule has 3 aromatic carbocycles. The van der Waals surface area contributed by atoms with Gasteiger partial charge in [-0.1, -0.05) is 30.3 Å². The quantitative estimate of drug-likeness (QED) is 0.296. The lowest BCUT2D eigenvalue weighted by Crippen LogP contribution is -2.52. The molecule has 2 heterocycles. The number of hydrogen-bond acceptors (Lipinski definition) is 7. The number of para-hydroxylation sites is 1. The summed E-state index contributed by atoms with van der Waals surface area (Å²) in [6, 6.07) is 17.4. The lowest BCUT2D eigenvalue weighted by Gasteiger charge is -2.43. The summed E-state index contributed by atoms with van der Waals surface area (Å²) in [5, 5.41) is 0.833. The monoisotopic (exact) mass is 501 g/mol. The predicted molar refractivity (Wildman–Crippen MR) is 138 cm³/mol. The smallest absolute Gasteiger partial charge is 0.338 e. The zero-order valence-electron chi connectivity index (χ0n) is 21.2. The van der Waals surface area contributed by atoms with E-state index >= 15 is 0 Å². The standard InChI is InChI=1S/C29H27NO7/c1-16(31)35-26-23-21(37-29(2,3)27(26)36-28(33)17-11-7-6-8-12-17)15-20(34-5)22-24(23)30(4)19-14-10-9-13-18(19)25(22)32/h6-15,26-27H,1-5H3/t26-,27-/m1/s1. The van der Waals surface area contributed by atoms with Crippen LogP contribution in [0.1, 0.15) is 42.8 Å². The molecular weight excluding hydrogens is 474 g/mol. The van der Waals surface area contributed by atoms with Crippen molar-refractivity contribution in [1.29, 1.82) is 0 Å². The highest BCUT2D eigenvalue weighted by atomic mass is 16.6. The summed E-state index contributed by atoms with van der Waals surface area (Å²) in [7, 11) is 3.30. The van der Waals surface area contributed by atoms with Crippen LogP contribution in [-0.2, 0) is 21.3 Å². The molecule has 0 aliphatic carbocycles. The third kappa shape index (κ3) is 3.98. The molecule has 0 N–H and O–H groups in total. The first-order valence-corrected chi connectivity index (χ1v) is 11.9. The molecule has 5 rings (SSSR count). The van der Waals surface area contributed by atoms with E-state index in [1.54, 1.807) is 62.4 Å². The highest BCUT2D eigenvalue weighted by molar-refractivity contribution is 5.99. The maximum absolute atomic E-state index is 13.7. The van der Waals surface area contributed by atoms with Gasteiger partial charge in [-0.15, -0.1) is 0 Å². The van der Waals surface area contributed by atoms with Crippen LogP contribution in [-0.4, -0.2) is 35.3 Å². The Hall–Kier alpha value is -4.33. The van der Waals surface area contributed by atoms with Crippen LogP contribution >= 0.6 is 0 Å². The predicted octanol–water partition coefficient (Wildman–Crippen LogP) is 4.70. The minimum atomic E-state index is -1.09. The SMILES string of the molecule is COc1cc2c(c3c1c(=O)c1ccccc1n3C)[C@@H](OC(C)=O)[C@@H](OC(=O)c1ccccc1)C(C)(C)O2. The number of fused-ring (bicyclic) bond motifs is 4. The molecule has 0 bridgehead atoms. The van der Waals surface area contributed by atoms with E-state index in [1.807, 2.05) is 23.7 Å². The van der Waals surface area contributed by atoms with Crippen LogP contribution in [0.4, 0.5) is 0 Å². The van der Waals surface area contributed by atoms with Crippen molar-refractivity contribution in [3.63, 3.8) is 0 Å². The van der Waals surface area contributed by atoms with Crippen LogP contribution < -0.4 is 14.9 Å². The molecule has 37 heavy (non-hydrogen) atoms. The van der Waals surface area contributed by atoms with Gasteiger partial charge in [-0.3, -0.25) is 9.59 Å². The van der Waals surface area contributed by atoms with Crippen LogP contribution in [0.3, 0.4) is 0 Å². The van der Waals surface area contributed by atoms with Gasteiger partial charge in [0.25, 0.3) is 0 Å². The van der Waals surface area contributed by atoms with Gasteiger partial charge in [0, 0.05) is 25.4 Å². The van der Waals surface area contributed by atoms with Gasteiger partial charge in [0.2, 0.25) is 5.43 Å². The molecule has 0 saturated carbocycles. The number of carbonyl (C=O) groups excluding carboxylic acids is 2. The van der Waals surface area contributed by atoms with Crippen molar-refractivity contribution in [2.45, 2.75) is 38.6 Å². The largest absolute Gasteiger partial charge is 0.496 e. The average molecular weight is 502 g/mol. The van der Waals surface area contributed by atoms with E-state index in [1.165, 1.54) is 14.0 Å². The van der Waals surface area contributed by atoms with Gasteiger partial charge in [-0.2, -0.15) is 0 Å². The number of pyridine rings is 1. The van der Waals surface area contributed by atoms with Crippen molar-refractivity contribution in [1.82, 2.24) is 4.57 Å². The highest BCUT2D eigenvalue weighted by Gasteiger charge is 2.50. The number of ether oxygens (including phenoxy) is 4. The van der Waals surface area contributed by atoms with E-state index in [4.69, 9.17) is 18.9 Å². The van der Waals surface area contributed by atoms with Gasteiger partial charge in [-0.25, -0.2) is 4.79 Å². The van der Waals surface area contributed by atoms with Crippen LogP contribution in [0, 0.1) is 0 Å². The Balaban J connectivity index is 1.81. The van der Waals surface area contributed by atoms with Crippen LogP contribution in [0.5, 0.6) is 11.5 Å². The molecule has 8 heteroatoms. The molecule has 0 spiro atoms. The number of methoxy groups -OCH3 is 1. The van der Waals surface area contributed by atoms with Crippen molar-refractivity contribution < 1.29 is 28.5 Å². The van der Waals surface area contributed by atoms with Gasteiger partial charge in [0.05, 0.1) is 34.7 Å². The second-order valence-electron chi connectivity index (χ2n) is 9.55. The second kappa shape index (κ2) is 8.96. The Morgan fingerprint density at radius 1 is 1.00 bits per heavy atom. The maximum Gasteiger partial charge on any atom is 0.338 e. The zero-order valence-corrected chi connectivity index (χ0v) is 21.2. The summed E-state index contributed by atoms with van der Waals surface area (Å²) in [5.41, 5.74) is 0.615. The van der Waals surface area contributed by atoms with Gasteiger partial charge < -0.3 is 23.5 Å². The van der Waals surface area contributed by atoms with E-state index < -0.39 is 29.7 Å². The van der Waals surface area contributed by atoms with Crippen LogP contribution in [0.15, 0.2) is 65.5 Å². The zero-order chi connectivity index (χ0) is 26.5. The Bertz CT molecular complexity index is 1600. The molecule has 0 unspecified atom stereocenters. The van der Waals surface area contributed by atoms with Crippen LogP contribution in [0.2, 0.25) is 0 Å². The summed E-state index contributed by atoms with van der Waals surface area (Å²) in [4.78, 5) is 39.2. The molecular formula is C29H27NO7. The first-order valence-electron chi connectivity index (χ1n) is 11.9. The molecule has 1 aliphatic rings. The van der Waals surface area contributed by atoms with Crippen molar-refractivity contribution in [2.24, 2.45) is 7.05 Å². The summed E-state index contributed by atoms with van der Waals surface area (Å²) in [5.74, 6) is -0.445. The molecule has 0 fully saturated rings. The lowest BCUT2D eigenvalue weighted by molar-refractivity contribution is -0.168. The number of esters is 2. The van der Waals surface area contributed by atoms with E-state index in [2.05, 4.69) is 0 Å². The Morgan fingerprint density at radius 3 is 2.35 bits per heavy atom. The number of carbonyl (C=O) groups is 2.